The van der Waals surface area contributed by atoms with Crippen LogP contribution in [-0.4, -0.2) is 11.0 Å². The van der Waals surface area contributed by atoms with Crippen molar-refractivity contribution in [3.8, 4) is 17.2 Å². The summed E-state index contributed by atoms with van der Waals surface area (Å²) in [6, 6.07) is 8.57. The number of phenolic OH excluding ortho intramolecular Hbond substituents is 1. The van der Waals surface area contributed by atoms with Gasteiger partial charge in [-0.15, -0.1) is 0 Å². The van der Waals surface area contributed by atoms with E-state index in [0.29, 0.717) is 29.5 Å². The summed E-state index contributed by atoms with van der Waals surface area (Å²) in [5.41, 5.74) is 8.79. The van der Waals surface area contributed by atoms with E-state index < -0.39 is 0 Å². The minimum absolute atomic E-state index is 0.0299. The van der Waals surface area contributed by atoms with Crippen molar-refractivity contribution in [2.45, 2.75) is 52.4 Å². The third-order valence-corrected chi connectivity index (χ3v) is 5.20. The molecule has 1 aliphatic rings. The van der Waals surface area contributed by atoms with Crippen LogP contribution in [0.3, 0.4) is 0 Å². The van der Waals surface area contributed by atoms with Gasteiger partial charge >= 0.3 is 0 Å². The standard InChI is InChI=1S/C22H28N2O3/c1-14-11-17(23)12-15(2)22(14)27-18-8-9-20(25)19(13-18)24-21(26)10-7-16-5-3-4-6-16/h8-9,11-13,16,25H,3-7,10,23H2,1-2H3,(H,24,26). The Hall–Kier alpha value is -2.69. The zero-order chi connectivity index (χ0) is 19.4. The number of carbonyl (C=O) groups excluding carboxylic acids is 1. The van der Waals surface area contributed by atoms with Gasteiger partial charge in [0.1, 0.15) is 17.2 Å². The van der Waals surface area contributed by atoms with E-state index in [2.05, 4.69) is 5.32 Å². The number of aryl methyl sites for hydroxylation is 2. The van der Waals surface area contributed by atoms with Crippen molar-refractivity contribution in [2.24, 2.45) is 5.92 Å². The molecule has 0 aromatic heterocycles. The summed E-state index contributed by atoms with van der Waals surface area (Å²) < 4.78 is 6.00. The van der Waals surface area contributed by atoms with E-state index in [-0.39, 0.29) is 11.7 Å². The molecule has 5 heteroatoms. The van der Waals surface area contributed by atoms with Gasteiger partial charge in [-0.3, -0.25) is 4.79 Å². The molecule has 5 nitrogen and oxygen atoms in total. The van der Waals surface area contributed by atoms with Crippen molar-refractivity contribution in [3.05, 3.63) is 41.5 Å². The second-order valence-electron chi connectivity index (χ2n) is 7.50. The number of hydrogen-bond donors (Lipinski definition) is 3. The average Bonchev–Trinajstić information content (AvgIpc) is 3.12. The Morgan fingerprint density at radius 3 is 2.52 bits per heavy atom. The molecule has 0 unspecified atom stereocenters. The third-order valence-electron chi connectivity index (χ3n) is 5.20. The van der Waals surface area contributed by atoms with Crippen molar-refractivity contribution in [1.29, 1.82) is 0 Å². The second kappa shape index (κ2) is 8.33. The van der Waals surface area contributed by atoms with E-state index >= 15 is 0 Å². The Morgan fingerprint density at radius 1 is 1.19 bits per heavy atom. The first-order valence-electron chi connectivity index (χ1n) is 9.60. The maximum absolute atomic E-state index is 12.3. The monoisotopic (exact) mass is 368 g/mol. The van der Waals surface area contributed by atoms with Gasteiger partial charge in [0, 0.05) is 18.2 Å². The fourth-order valence-corrected chi connectivity index (χ4v) is 3.79. The zero-order valence-corrected chi connectivity index (χ0v) is 16.0. The van der Waals surface area contributed by atoms with E-state index in [9.17, 15) is 9.90 Å². The summed E-state index contributed by atoms with van der Waals surface area (Å²) in [4.78, 5) is 12.3. The van der Waals surface area contributed by atoms with Crippen molar-refractivity contribution in [3.63, 3.8) is 0 Å². The number of nitrogen functional groups attached to an aromatic ring is 1. The number of nitrogens with two attached hydrogens (primary N) is 1. The number of phenols is 1. The van der Waals surface area contributed by atoms with Crippen molar-refractivity contribution < 1.29 is 14.6 Å². The number of benzene rings is 2. The number of ether oxygens (including phenoxy) is 1. The summed E-state index contributed by atoms with van der Waals surface area (Å²) in [5.74, 6) is 1.90. The highest BCUT2D eigenvalue weighted by Crippen LogP contribution is 2.35. The molecule has 4 N–H and O–H groups in total. The average molecular weight is 368 g/mol. The van der Waals surface area contributed by atoms with Crippen LogP contribution in [0.25, 0.3) is 0 Å². The molecule has 0 aliphatic heterocycles. The van der Waals surface area contributed by atoms with Gasteiger partial charge in [-0.2, -0.15) is 0 Å². The fraction of sp³-hybridized carbons (Fsp3) is 0.409. The molecule has 1 amide bonds. The molecule has 1 saturated carbocycles. The minimum atomic E-state index is -0.0748. The van der Waals surface area contributed by atoms with Crippen LogP contribution in [0.4, 0.5) is 11.4 Å². The number of nitrogens with one attached hydrogen (secondary N) is 1. The van der Waals surface area contributed by atoms with Gasteiger partial charge in [-0.1, -0.05) is 25.7 Å². The molecule has 0 saturated heterocycles. The number of anilines is 2. The van der Waals surface area contributed by atoms with Crippen molar-refractivity contribution >= 4 is 17.3 Å². The van der Waals surface area contributed by atoms with E-state index in [1.165, 1.54) is 31.7 Å². The Labute approximate surface area is 160 Å². The van der Waals surface area contributed by atoms with Gasteiger partial charge < -0.3 is 20.9 Å². The van der Waals surface area contributed by atoms with Crippen LogP contribution in [-0.2, 0) is 4.79 Å². The summed E-state index contributed by atoms with van der Waals surface area (Å²) in [6.07, 6.45) is 6.38. The number of hydrogen-bond acceptors (Lipinski definition) is 4. The van der Waals surface area contributed by atoms with Gasteiger partial charge in [0.05, 0.1) is 5.69 Å². The van der Waals surface area contributed by atoms with Crippen LogP contribution in [0.1, 0.15) is 49.7 Å². The number of carbonyl (C=O) groups is 1. The van der Waals surface area contributed by atoms with Crippen LogP contribution < -0.4 is 15.8 Å². The number of amides is 1. The molecular weight excluding hydrogens is 340 g/mol. The molecule has 0 heterocycles. The first-order valence-corrected chi connectivity index (χ1v) is 9.60. The van der Waals surface area contributed by atoms with Gasteiger partial charge in [-0.25, -0.2) is 0 Å². The second-order valence-corrected chi connectivity index (χ2v) is 7.50. The lowest BCUT2D eigenvalue weighted by Gasteiger charge is -2.15. The molecule has 2 aromatic carbocycles. The summed E-state index contributed by atoms with van der Waals surface area (Å²) in [7, 11) is 0. The Bertz CT molecular complexity index is 803. The zero-order valence-electron chi connectivity index (χ0n) is 16.0. The molecule has 27 heavy (non-hydrogen) atoms. The summed E-state index contributed by atoms with van der Waals surface area (Å²) in [5, 5.41) is 12.9. The predicted octanol–water partition coefficient (Wildman–Crippen LogP) is 5.29. The van der Waals surface area contributed by atoms with Gasteiger partial charge in [0.25, 0.3) is 0 Å². The Kier molecular flexibility index (Phi) is 5.89. The summed E-state index contributed by atoms with van der Waals surface area (Å²) >= 11 is 0. The van der Waals surface area contributed by atoms with Crippen LogP contribution >= 0.6 is 0 Å². The van der Waals surface area contributed by atoms with E-state index in [1.807, 2.05) is 26.0 Å². The quantitative estimate of drug-likeness (QED) is 0.477. The van der Waals surface area contributed by atoms with E-state index in [1.54, 1.807) is 12.1 Å². The molecule has 1 fully saturated rings. The molecule has 1 aliphatic carbocycles. The lowest BCUT2D eigenvalue weighted by atomic mass is 10.0. The normalized spacial score (nSPS) is 14.3. The van der Waals surface area contributed by atoms with E-state index in [0.717, 1.165) is 23.3 Å². The predicted molar refractivity (Wildman–Crippen MR) is 108 cm³/mol. The Balaban J connectivity index is 1.68. The molecule has 144 valence electrons. The smallest absolute Gasteiger partial charge is 0.224 e. The number of rotatable bonds is 6. The lowest BCUT2D eigenvalue weighted by molar-refractivity contribution is -0.116. The third kappa shape index (κ3) is 4.94. The SMILES string of the molecule is Cc1cc(N)cc(C)c1Oc1ccc(O)c(NC(=O)CCC2CCCC2)c1. The molecular formula is C22H28N2O3. The molecule has 2 aromatic rings. The largest absolute Gasteiger partial charge is 0.506 e. The lowest BCUT2D eigenvalue weighted by Crippen LogP contribution is -2.13. The minimum Gasteiger partial charge on any atom is -0.506 e. The summed E-state index contributed by atoms with van der Waals surface area (Å²) in [6.45, 7) is 3.87. The topological polar surface area (TPSA) is 84.6 Å². The molecule has 0 spiro atoms. The first kappa shape index (κ1) is 19.1. The van der Waals surface area contributed by atoms with Crippen LogP contribution in [0.2, 0.25) is 0 Å². The fourth-order valence-electron chi connectivity index (χ4n) is 3.79. The highest BCUT2D eigenvalue weighted by molar-refractivity contribution is 5.92. The number of aromatic hydroxyl groups is 1. The first-order chi connectivity index (χ1) is 12.9. The van der Waals surface area contributed by atoms with Crippen LogP contribution in [0.5, 0.6) is 17.2 Å². The van der Waals surface area contributed by atoms with Crippen LogP contribution in [0.15, 0.2) is 30.3 Å². The Morgan fingerprint density at radius 2 is 1.85 bits per heavy atom. The molecule has 0 atom stereocenters. The maximum atomic E-state index is 12.3. The molecule has 0 radical (unpaired) electrons. The van der Waals surface area contributed by atoms with E-state index in [4.69, 9.17) is 10.5 Å². The highest BCUT2D eigenvalue weighted by Gasteiger charge is 2.17. The van der Waals surface area contributed by atoms with Crippen molar-refractivity contribution in [2.75, 3.05) is 11.1 Å². The van der Waals surface area contributed by atoms with Crippen LogP contribution in [0, 0.1) is 19.8 Å². The molecule has 0 bridgehead atoms. The van der Waals surface area contributed by atoms with Gasteiger partial charge in [0.15, 0.2) is 0 Å². The highest BCUT2D eigenvalue weighted by atomic mass is 16.5. The van der Waals surface area contributed by atoms with Crippen molar-refractivity contribution in [1.82, 2.24) is 0 Å². The maximum Gasteiger partial charge on any atom is 0.224 e. The van der Waals surface area contributed by atoms with Gasteiger partial charge in [-0.05, 0) is 61.6 Å². The molecule has 3 rings (SSSR count). The van der Waals surface area contributed by atoms with Gasteiger partial charge in [0.2, 0.25) is 5.91 Å².